The third kappa shape index (κ3) is 5.39. The Morgan fingerprint density at radius 3 is 2.48 bits per heavy atom. The van der Waals surface area contributed by atoms with E-state index < -0.39 is 17.6 Å². The molecule has 2 rings (SSSR count). The van der Waals surface area contributed by atoms with Gasteiger partial charge in [0.25, 0.3) is 5.91 Å². The van der Waals surface area contributed by atoms with E-state index in [-0.39, 0.29) is 17.3 Å². The summed E-state index contributed by atoms with van der Waals surface area (Å²) >= 11 is 5.83. The third-order valence-electron chi connectivity index (χ3n) is 4.12. The lowest BCUT2D eigenvalue weighted by atomic mass is 10.1. The van der Waals surface area contributed by atoms with E-state index in [4.69, 9.17) is 11.6 Å². The lowest BCUT2D eigenvalue weighted by Crippen LogP contribution is -2.91. The summed E-state index contributed by atoms with van der Waals surface area (Å²) in [6.45, 7) is 0.104. The van der Waals surface area contributed by atoms with Crippen LogP contribution in [0.2, 0.25) is 5.02 Å². The zero-order valence-electron chi connectivity index (χ0n) is 12.8. The van der Waals surface area contributed by atoms with Gasteiger partial charge in [0, 0.05) is 0 Å². The minimum atomic E-state index is -4.56. The maximum atomic E-state index is 13.0. The molecule has 23 heavy (non-hydrogen) atoms. The normalized spacial score (nSPS) is 16.9. The Kier molecular flexibility index (Phi) is 6.30. The van der Waals surface area contributed by atoms with Gasteiger partial charge in [-0.1, -0.05) is 30.5 Å². The van der Waals surface area contributed by atoms with Crippen molar-refractivity contribution in [3.63, 3.8) is 0 Å². The number of benzene rings is 1. The predicted octanol–water partition coefficient (Wildman–Crippen LogP) is 3.58. The lowest BCUT2D eigenvalue weighted by Gasteiger charge is -2.16. The molecule has 1 aliphatic rings. The van der Waals surface area contributed by atoms with Gasteiger partial charge in [-0.3, -0.25) is 4.79 Å². The van der Waals surface area contributed by atoms with Crippen LogP contribution in [0.15, 0.2) is 18.2 Å². The Bertz CT molecular complexity index is 541. The molecular formula is C16H21ClF3N2O+. The first-order chi connectivity index (χ1) is 10.9. The summed E-state index contributed by atoms with van der Waals surface area (Å²) < 4.78 is 38.9. The fourth-order valence-corrected chi connectivity index (χ4v) is 3.12. The summed E-state index contributed by atoms with van der Waals surface area (Å²) in [6.07, 6.45) is 2.26. The smallest absolute Gasteiger partial charge is 0.336 e. The van der Waals surface area contributed by atoms with Crippen LogP contribution in [0.5, 0.6) is 0 Å². The van der Waals surface area contributed by atoms with Crippen LogP contribution in [-0.2, 0) is 11.0 Å². The van der Waals surface area contributed by atoms with E-state index in [9.17, 15) is 18.0 Å². The van der Waals surface area contributed by atoms with Crippen molar-refractivity contribution in [2.24, 2.45) is 0 Å². The van der Waals surface area contributed by atoms with Crippen LogP contribution in [0.1, 0.15) is 44.1 Å². The average molecular weight is 350 g/mol. The highest BCUT2D eigenvalue weighted by Crippen LogP contribution is 2.38. The summed E-state index contributed by atoms with van der Waals surface area (Å²) in [5, 5.41) is 4.13. The highest BCUT2D eigenvalue weighted by atomic mass is 35.5. The van der Waals surface area contributed by atoms with Gasteiger partial charge in [-0.05, 0) is 37.8 Å². The molecule has 0 heterocycles. The van der Waals surface area contributed by atoms with Crippen LogP contribution in [0.25, 0.3) is 0 Å². The van der Waals surface area contributed by atoms with Crippen molar-refractivity contribution in [1.82, 2.24) is 0 Å². The number of hydrogen-bond acceptors (Lipinski definition) is 1. The molecule has 1 saturated carbocycles. The molecule has 1 amide bonds. The molecular weight excluding hydrogens is 329 g/mol. The Labute approximate surface area is 138 Å². The van der Waals surface area contributed by atoms with Gasteiger partial charge >= 0.3 is 6.18 Å². The van der Waals surface area contributed by atoms with Crippen molar-refractivity contribution in [1.29, 1.82) is 0 Å². The van der Waals surface area contributed by atoms with Crippen molar-refractivity contribution >= 4 is 23.2 Å². The maximum absolute atomic E-state index is 13.0. The number of amides is 1. The average Bonchev–Trinajstić information content (AvgIpc) is 2.75. The monoisotopic (exact) mass is 349 g/mol. The summed E-state index contributed by atoms with van der Waals surface area (Å²) in [5.41, 5.74) is -1.28. The molecule has 1 aromatic rings. The first-order valence-corrected chi connectivity index (χ1v) is 8.24. The minimum Gasteiger partial charge on any atom is -0.336 e. The van der Waals surface area contributed by atoms with E-state index in [1.165, 1.54) is 25.0 Å². The molecule has 0 spiro atoms. The van der Waals surface area contributed by atoms with E-state index in [1.54, 1.807) is 0 Å². The molecule has 0 saturated heterocycles. The number of halogens is 4. The number of nitrogens with two attached hydrogens (primary N) is 1. The molecule has 0 aliphatic heterocycles. The molecule has 7 heteroatoms. The van der Waals surface area contributed by atoms with Gasteiger partial charge in [-0.2, -0.15) is 13.2 Å². The second-order valence-electron chi connectivity index (χ2n) is 5.90. The number of para-hydroxylation sites is 1. The van der Waals surface area contributed by atoms with E-state index in [0.29, 0.717) is 6.04 Å². The Morgan fingerprint density at radius 1 is 1.22 bits per heavy atom. The van der Waals surface area contributed by atoms with Gasteiger partial charge in [0.1, 0.15) is 0 Å². The highest BCUT2D eigenvalue weighted by molar-refractivity contribution is 6.34. The van der Waals surface area contributed by atoms with Gasteiger partial charge in [0.15, 0.2) is 6.54 Å². The van der Waals surface area contributed by atoms with Crippen molar-refractivity contribution < 1.29 is 23.3 Å². The molecule has 3 N–H and O–H groups in total. The molecule has 1 aliphatic carbocycles. The number of nitrogens with one attached hydrogen (secondary N) is 1. The fourth-order valence-electron chi connectivity index (χ4n) is 2.90. The molecule has 1 fully saturated rings. The van der Waals surface area contributed by atoms with Crippen LogP contribution in [-0.4, -0.2) is 18.5 Å². The van der Waals surface area contributed by atoms with E-state index in [1.807, 2.05) is 5.32 Å². The summed E-state index contributed by atoms with van der Waals surface area (Å²) in [4.78, 5) is 12.0. The number of rotatable bonds is 4. The van der Waals surface area contributed by atoms with Gasteiger partial charge in [0.05, 0.1) is 22.3 Å². The Morgan fingerprint density at radius 2 is 1.87 bits per heavy atom. The number of anilines is 1. The van der Waals surface area contributed by atoms with Gasteiger partial charge in [0.2, 0.25) is 0 Å². The fraction of sp³-hybridized carbons (Fsp3) is 0.562. The standard InChI is InChI=1S/C16H20ClF3N2O/c17-13-9-5-8-12(16(18,19)20)15(13)22-14(23)10-21-11-6-3-1-2-4-7-11/h5,8-9,11,21H,1-4,6-7,10H2,(H,22,23)/p+1. The topological polar surface area (TPSA) is 45.7 Å². The molecule has 0 bridgehead atoms. The van der Waals surface area contributed by atoms with Crippen molar-refractivity contribution in [3.05, 3.63) is 28.8 Å². The largest absolute Gasteiger partial charge is 0.418 e. The molecule has 1 aromatic carbocycles. The van der Waals surface area contributed by atoms with Gasteiger partial charge < -0.3 is 10.6 Å². The number of carbonyl (C=O) groups excluding carboxylic acids is 1. The Hall–Kier alpha value is -1.27. The zero-order valence-corrected chi connectivity index (χ0v) is 13.5. The Balaban J connectivity index is 1.97. The first kappa shape index (κ1) is 18.1. The van der Waals surface area contributed by atoms with Gasteiger partial charge in [-0.25, -0.2) is 0 Å². The van der Waals surface area contributed by atoms with Crippen LogP contribution in [0.3, 0.4) is 0 Å². The lowest BCUT2D eigenvalue weighted by molar-refractivity contribution is -0.680. The van der Waals surface area contributed by atoms with E-state index in [0.717, 1.165) is 31.7 Å². The van der Waals surface area contributed by atoms with Crippen LogP contribution in [0, 0.1) is 0 Å². The first-order valence-electron chi connectivity index (χ1n) is 7.87. The van der Waals surface area contributed by atoms with Crippen molar-refractivity contribution in [2.45, 2.75) is 50.7 Å². The van der Waals surface area contributed by atoms with Crippen LogP contribution in [0.4, 0.5) is 18.9 Å². The van der Waals surface area contributed by atoms with Crippen LogP contribution < -0.4 is 10.6 Å². The molecule has 0 aromatic heterocycles. The van der Waals surface area contributed by atoms with Gasteiger partial charge in [-0.15, -0.1) is 0 Å². The van der Waals surface area contributed by atoms with Crippen molar-refractivity contribution in [2.75, 3.05) is 11.9 Å². The molecule has 3 nitrogen and oxygen atoms in total. The minimum absolute atomic E-state index is 0.104. The van der Waals surface area contributed by atoms with E-state index in [2.05, 4.69) is 5.32 Å². The number of alkyl halides is 3. The maximum Gasteiger partial charge on any atom is 0.418 e. The van der Waals surface area contributed by atoms with Crippen LogP contribution >= 0.6 is 11.6 Å². The predicted molar refractivity (Wildman–Crippen MR) is 83.4 cm³/mol. The zero-order chi connectivity index (χ0) is 16.9. The number of hydrogen-bond donors (Lipinski definition) is 2. The highest BCUT2D eigenvalue weighted by Gasteiger charge is 2.35. The van der Waals surface area contributed by atoms with Crippen molar-refractivity contribution in [3.8, 4) is 0 Å². The number of carbonyl (C=O) groups is 1. The second kappa shape index (κ2) is 8.02. The second-order valence-corrected chi connectivity index (χ2v) is 6.31. The third-order valence-corrected chi connectivity index (χ3v) is 4.43. The molecule has 128 valence electrons. The summed E-state index contributed by atoms with van der Waals surface area (Å²) in [7, 11) is 0. The number of quaternary nitrogens is 1. The van der Waals surface area contributed by atoms with E-state index >= 15 is 0 Å². The quantitative estimate of drug-likeness (QED) is 0.802. The summed E-state index contributed by atoms with van der Waals surface area (Å²) in [5.74, 6) is -0.465. The molecule has 0 radical (unpaired) electrons. The summed E-state index contributed by atoms with van der Waals surface area (Å²) in [6, 6.07) is 3.84. The SMILES string of the molecule is O=C(C[NH2+]C1CCCCCC1)Nc1c(Cl)cccc1C(F)(F)F. The molecule has 0 atom stereocenters. The molecule has 0 unspecified atom stereocenters.